The van der Waals surface area contributed by atoms with E-state index >= 15 is 0 Å². The molecule has 6 nitrogen and oxygen atoms in total. The number of amides is 1. The van der Waals surface area contributed by atoms with Crippen molar-refractivity contribution in [2.45, 2.75) is 50.4 Å². The Hall–Kier alpha value is -2.93. The quantitative estimate of drug-likeness (QED) is 0.583. The van der Waals surface area contributed by atoms with E-state index in [0.29, 0.717) is 26.1 Å². The second kappa shape index (κ2) is 11.0. The van der Waals surface area contributed by atoms with Crippen molar-refractivity contribution in [3.8, 4) is 6.07 Å². The van der Waals surface area contributed by atoms with Crippen molar-refractivity contribution in [2.75, 3.05) is 31.6 Å². The first-order valence-corrected chi connectivity index (χ1v) is 12.2. The van der Waals surface area contributed by atoms with E-state index in [1.165, 1.54) is 12.1 Å². The lowest BCUT2D eigenvalue weighted by atomic mass is 9.80. The Morgan fingerprint density at radius 2 is 1.81 bits per heavy atom. The summed E-state index contributed by atoms with van der Waals surface area (Å²) in [5.74, 6) is -1.04. The van der Waals surface area contributed by atoms with E-state index < -0.39 is 28.8 Å². The first-order chi connectivity index (χ1) is 17.2. The highest BCUT2D eigenvalue weighted by Gasteiger charge is 2.45. The molecule has 1 aliphatic carbocycles. The second-order valence-corrected chi connectivity index (χ2v) is 9.61. The lowest BCUT2D eigenvalue weighted by Crippen LogP contribution is -2.50. The monoisotopic (exact) mass is 501 g/mol. The molecule has 1 saturated heterocycles. The Balaban J connectivity index is 1.56. The molecule has 1 unspecified atom stereocenters. The number of nitrogens with one attached hydrogen (secondary N) is 1. The van der Waals surface area contributed by atoms with Gasteiger partial charge in [-0.15, -0.1) is 0 Å². The average molecular weight is 502 g/mol. The maximum Gasteiger partial charge on any atom is 0.417 e. The summed E-state index contributed by atoms with van der Waals surface area (Å²) in [6, 6.07) is 12.3. The van der Waals surface area contributed by atoms with Crippen LogP contribution >= 0.6 is 0 Å². The van der Waals surface area contributed by atoms with Crippen LogP contribution in [0.3, 0.4) is 0 Å². The fraction of sp³-hybridized carbons (Fsp3) is 0.481. The SMILES string of the molecule is N#Cc1ccc(NC(=O)C(O)(Cc2cccc(CN3CCOCC3)c2)C2CCCC2)cc1C(F)(F)F. The highest BCUT2D eigenvalue weighted by molar-refractivity contribution is 5.97. The van der Waals surface area contributed by atoms with Gasteiger partial charge in [-0.1, -0.05) is 37.1 Å². The van der Waals surface area contributed by atoms with E-state index in [1.54, 1.807) is 0 Å². The number of halogens is 3. The zero-order valence-electron chi connectivity index (χ0n) is 20.0. The van der Waals surface area contributed by atoms with E-state index in [0.717, 1.165) is 55.7 Å². The summed E-state index contributed by atoms with van der Waals surface area (Å²) in [7, 11) is 0. The van der Waals surface area contributed by atoms with Crippen molar-refractivity contribution >= 4 is 11.6 Å². The zero-order valence-corrected chi connectivity index (χ0v) is 20.0. The Bertz CT molecular complexity index is 1120. The maximum atomic E-state index is 13.4. The van der Waals surface area contributed by atoms with Gasteiger partial charge in [0.15, 0.2) is 0 Å². The van der Waals surface area contributed by atoms with Crippen molar-refractivity contribution in [3.05, 3.63) is 64.7 Å². The number of nitrogens with zero attached hydrogens (tertiary/aromatic N) is 2. The minimum atomic E-state index is -4.74. The van der Waals surface area contributed by atoms with Crippen LogP contribution in [0.4, 0.5) is 18.9 Å². The van der Waals surface area contributed by atoms with Crippen molar-refractivity contribution in [2.24, 2.45) is 5.92 Å². The number of nitriles is 1. The fourth-order valence-corrected chi connectivity index (χ4v) is 5.17. The molecule has 0 bridgehead atoms. The average Bonchev–Trinajstić information content (AvgIpc) is 3.40. The van der Waals surface area contributed by atoms with Crippen LogP contribution in [-0.4, -0.2) is 47.8 Å². The molecule has 1 atom stereocenters. The van der Waals surface area contributed by atoms with E-state index in [2.05, 4.69) is 10.2 Å². The largest absolute Gasteiger partial charge is 0.417 e. The number of aliphatic hydroxyl groups is 1. The highest BCUT2D eigenvalue weighted by atomic mass is 19.4. The molecule has 1 heterocycles. The smallest absolute Gasteiger partial charge is 0.379 e. The van der Waals surface area contributed by atoms with Crippen LogP contribution in [0.1, 0.15) is 47.9 Å². The Morgan fingerprint density at radius 3 is 2.47 bits per heavy atom. The normalized spacial score (nSPS) is 19.0. The summed E-state index contributed by atoms with van der Waals surface area (Å²) in [5.41, 5.74) is -1.68. The third-order valence-corrected chi connectivity index (χ3v) is 7.10. The van der Waals surface area contributed by atoms with Crippen LogP contribution in [0.25, 0.3) is 0 Å². The van der Waals surface area contributed by atoms with Gasteiger partial charge in [-0.3, -0.25) is 9.69 Å². The highest BCUT2D eigenvalue weighted by Crippen LogP contribution is 2.38. The summed E-state index contributed by atoms with van der Waals surface area (Å²) < 4.78 is 45.6. The van der Waals surface area contributed by atoms with Crippen molar-refractivity contribution in [1.29, 1.82) is 5.26 Å². The van der Waals surface area contributed by atoms with Crippen molar-refractivity contribution < 1.29 is 27.8 Å². The number of anilines is 1. The number of hydrogen-bond donors (Lipinski definition) is 2. The van der Waals surface area contributed by atoms with E-state index in [-0.39, 0.29) is 18.0 Å². The van der Waals surface area contributed by atoms with Crippen LogP contribution < -0.4 is 5.32 Å². The number of hydrogen-bond acceptors (Lipinski definition) is 5. The zero-order chi connectivity index (χ0) is 25.8. The molecule has 0 aromatic heterocycles. The number of carbonyl (C=O) groups is 1. The molecule has 36 heavy (non-hydrogen) atoms. The van der Waals surface area contributed by atoms with Gasteiger partial charge in [-0.05, 0) is 48.1 Å². The summed E-state index contributed by atoms with van der Waals surface area (Å²) >= 11 is 0. The summed E-state index contributed by atoms with van der Waals surface area (Å²) in [4.78, 5) is 15.7. The van der Waals surface area contributed by atoms with E-state index in [1.807, 2.05) is 24.3 Å². The standard InChI is InChI=1S/C27H30F3N3O3/c28-27(29,30)24-15-23(9-8-21(24)17-31)32-25(34)26(35,22-6-1-2-7-22)16-19-4-3-5-20(14-19)18-33-10-12-36-13-11-33/h3-5,8-9,14-15,22,35H,1-2,6-7,10-13,16,18H2,(H,32,34). The van der Waals surface area contributed by atoms with Gasteiger partial charge < -0.3 is 15.2 Å². The molecular weight excluding hydrogens is 471 g/mol. The summed E-state index contributed by atoms with van der Waals surface area (Å²) in [6.45, 7) is 3.78. The molecule has 1 aliphatic heterocycles. The van der Waals surface area contributed by atoms with Gasteiger partial charge in [-0.2, -0.15) is 18.4 Å². The van der Waals surface area contributed by atoms with Crippen molar-refractivity contribution in [3.63, 3.8) is 0 Å². The third kappa shape index (κ3) is 6.06. The van der Waals surface area contributed by atoms with Crippen LogP contribution in [0.2, 0.25) is 0 Å². The van der Waals surface area contributed by atoms with Crippen LogP contribution in [0.15, 0.2) is 42.5 Å². The molecule has 2 N–H and O–H groups in total. The van der Waals surface area contributed by atoms with Gasteiger partial charge in [-0.25, -0.2) is 0 Å². The molecule has 1 saturated carbocycles. The first kappa shape index (κ1) is 26.1. The Morgan fingerprint density at radius 1 is 1.11 bits per heavy atom. The molecule has 0 radical (unpaired) electrons. The van der Waals surface area contributed by atoms with Crippen LogP contribution in [0.5, 0.6) is 0 Å². The minimum absolute atomic E-state index is 0.0584. The van der Waals surface area contributed by atoms with Gasteiger partial charge in [0.2, 0.25) is 0 Å². The number of morpholine rings is 1. The lowest BCUT2D eigenvalue weighted by molar-refractivity contribution is -0.140. The topological polar surface area (TPSA) is 85.6 Å². The Labute approximate surface area is 208 Å². The minimum Gasteiger partial charge on any atom is -0.379 e. The van der Waals surface area contributed by atoms with Crippen LogP contribution in [-0.2, 0) is 28.7 Å². The number of ether oxygens (including phenoxy) is 1. The molecule has 0 spiro atoms. The van der Waals surface area contributed by atoms with Gasteiger partial charge in [0.25, 0.3) is 5.91 Å². The number of carbonyl (C=O) groups excluding carboxylic acids is 1. The third-order valence-electron chi connectivity index (χ3n) is 7.10. The molecule has 2 aromatic rings. The molecule has 4 rings (SSSR count). The maximum absolute atomic E-state index is 13.4. The lowest BCUT2D eigenvalue weighted by Gasteiger charge is -2.33. The van der Waals surface area contributed by atoms with Gasteiger partial charge >= 0.3 is 6.18 Å². The molecule has 192 valence electrons. The molecule has 1 amide bonds. The predicted octanol–water partition coefficient (Wildman–Crippen LogP) is 4.51. The van der Waals surface area contributed by atoms with Gasteiger partial charge in [0.05, 0.1) is 30.4 Å². The number of alkyl halides is 3. The van der Waals surface area contributed by atoms with E-state index in [4.69, 9.17) is 10.00 Å². The molecular formula is C27H30F3N3O3. The fourth-order valence-electron chi connectivity index (χ4n) is 5.17. The molecule has 2 fully saturated rings. The molecule has 9 heteroatoms. The van der Waals surface area contributed by atoms with Gasteiger partial charge in [0.1, 0.15) is 5.60 Å². The van der Waals surface area contributed by atoms with Crippen LogP contribution in [0, 0.1) is 17.2 Å². The number of benzene rings is 2. The molecule has 2 aromatic carbocycles. The van der Waals surface area contributed by atoms with Gasteiger partial charge in [0, 0.05) is 31.7 Å². The summed E-state index contributed by atoms with van der Waals surface area (Å²) in [5, 5.41) is 23.3. The Kier molecular flexibility index (Phi) is 7.98. The summed E-state index contributed by atoms with van der Waals surface area (Å²) in [6.07, 6.45) is -1.59. The first-order valence-electron chi connectivity index (χ1n) is 12.2. The predicted molar refractivity (Wildman–Crippen MR) is 128 cm³/mol. The number of rotatable bonds is 7. The van der Waals surface area contributed by atoms with E-state index in [9.17, 15) is 23.1 Å². The van der Waals surface area contributed by atoms with Crippen molar-refractivity contribution in [1.82, 2.24) is 4.90 Å². The molecule has 2 aliphatic rings. The second-order valence-electron chi connectivity index (χ2n) is 9.61.